The Bertz CT molecular complexity index is 411. The number of anilines is 1. The van der Waals surface area contributed by atoms with Crippen LogP contribution in [0, 0.1) is 12.8 Å². The van der Waals surface area contributed by atoms with Gasteiger partial charge in [-0.05, 0) is 43.4 Å². The zero-order valence-corrected chi connectivity index (χ0v) is 11.3. The van der Waals surface area contributed by atoms with E-state index in [9.17, 15) is 4.21 Å². The van der Waals surface area contributed by atoms with Crippen LogP contribution in [0.1, 0.15) is 37.7 Å². The summed E-state index contributed by atoms with van der Waals surface area (Å²) >= 11 is 0. The van der Waals surface area contributed by atoms with Crippen LogP contribution < -0.4 is 5.73 Å². The van der Waals surface area contributed by atoms with Gasteiger partial charge < -0.3 is 5.73 Å². The van der Waals surface area contributed by atoms with Gasteiger partial charge in [0.25, 0.3) is 0 Å². The summed E-state index contributed by atoms with van der Waals surface area (Å²) in [6.45, 7) is 1.96. The van der Waals surface area contributed by atoms with Crippen molar-refractivity contribution in [2.75, 3.05) is 11.5 Å². The first-order valence-corrected chi connectivity index (χ1v) is 7.74. The molecule has 2 nitrogen and oxygen atoms in total. The molecule has 1 unspecified atom stereocenters. The topological polar surface area (TPSA) is 43.1 Å². The maximum absolute atomic E-state index is 12.3. The molecule has 2 N–H and O–H groups in total. The minimum atomic E-state index is -0.883. The van der Waals surface area contributed by atoms with Crippen molar-refractivity contribution < 1.29 is 4.21 Å². The zero-order chi connectivity index (χ0) is 12.3. The van der Waals surface area contributed by atoms with Crippen LogP contribution in [0.3, 0.4) is 0 Å². The number of nitrogens with two attached hydrogens (primary N) is 1. The molecule has 0 bridgehead atoms. The van der Waals surface area contributed by atoms with Crippen molar-refractivity contribution in [2.45, 2.75) is 43.9 Å². The van der Waals surface area contributed by atoms with Gasteiger partial charge in [-0.15, -0.1) is 0 Å². The first kappa shape index (κ1) is 12.6. The standard InChI is InChI=1S/C14H21NOS/c1-11-13(15)8-5-9-14(11)17(16)10-12-6-3-2-4-7-12/h5,8-9,12H,2-4,6-7,10,15H2,1H3. The SMILES string of the molecule is Cc1c(N)cccc1S(=O)CC1CCCCC1. The van der Waals surface area contributed by atoms with Crippen molar-refractivity contribution >= 4 is 16.5 Å². The van der Waals surface area contributed by atoms with E-state index in [2.05, 4.69) is 0 Å². The molecule has 1 atom stereocenters. The quantitative estimate of drug-likeness (QED) is 0.838. The third-order valence-corrected chi connectivity index (χ3v) is 5.39. The van der Waals surface area contributed by atoms with Crippen molar-refractivity contribution in [3.8, 4) is 0 Å². The summed E-state index contributed by atoms with van der Waals surface area (Å²) in [6.07, 6.45) is 6.44. The van der Waals surface area contributed by atoms with Crippen LogP contribution in [-0.4, -0.2) is 9.96 Å². The van der Waals surface area contributed by atoms with Crippen LogP contribution in [0.5, 0.6) is 0 Å². The highest BCUT2D eigenvalue weighted by Crippen LogP contribution is 2.27. The summed E-state index contributed by atoms with van der Waals surface area (Å²) in [7, 11) is -0.883. The third-order valence-electron chi connectivity index (χ3n) is 3.68. The molecule has 1 aromatic carbocycles. The molecule has 1 aliphatic rings. The highest BCUT2D eigenvalue weighted by molar-refractivity contribution is 7.85. The van der Waals surface area contributed by atoms with E-state index in [0.29, 0.717) is 5.92 Å². The molecule has 0 saturated heterocycles. The van der Waals surface area contributed by atoms with Gasteiger partial charge in [-0.2, -0.15) is 0 Å². The van der Waals surface area contributed by atoms with Crippen molar-refractivity contribution in [3.05, 3.63) is 23.8 Å². The van der Waals surface area contributed by atoms with E-state index in [-0.39, 0.29) is 0 Å². The van der Waals surface area contributed by atoms with Gasteiger partial charge in [0, 0.05) is 16.3 Å². The lowest BCUT2D eigenvalue weighted by Crippen LogP contribution is -2.15. The van der Waals surface area contributed by atoms with E-state index in [4.69, 9.17) is 5.73 Å². The molecule has 0 aliphatic heterocycles. The lowest BCUT2D eigenvalue weighted by molar-refractivity contribution is 0.388. The largest absolute Gasteiger partial charge is 0.398 e. The first-order valence-electron chi connectivity index (χ1n) is 6.42. The molecule has 0 spiro atoms. The highest BCUT2D eigenvalue weighted by atomic mass is 32.2. The van der Waals surface area contributed by atoms with Crippen LogP contribution in [0.2, 0.25) is 0 Å². The Kier molecular flexibility index (Phi) is 4.21. The Morgan fingerprint density at radius 2 is 2.00 bits per heavy atom. The molecule has 94 valence electrons. The van der Waals surface area contributed by atoms with Gasteiger partial charge >= 0.3 is 0 Å². The Labute approximate surface area is 106 Å². The highest BCUT2D eigenvalue weighted by Gasteiger charge is 2.18. The van der Waals surface area contributed by atoms with Gasteiger partial charge in [0.1, 0.15) is 0 Å². The van der Waals surface area contributed by atoms with Crippen LogP contribution in [-0.2, 0) is 10.8 Å². The number of hydrogen-bond donors (Lipinski definition) is 1. The number of rotatable bonds is 3. The lowest BCUT2D eigenvalue weighted by Gasteiger charge is -2.21. The smallest absolute Gasteiger partial charge is 0.0535 e. The summed E-state index contributed by atoms with van der Waals surface area (Å²) < 4.78 is 12.3. The summed E-state index contributed by atoms with van der Waals surface area (Å²) in [5, 5.41) is 0. The summed E-state index contributed by atoms with van der Waals surface area (Å²) in [5.74, 6) is 1.45. The normalized spacial score (nSPS) is 19.1. The molecule has 1 fully saturated rings. The zero-order valence-electron chi connectivity index (χ0n) is 10.4. The third kappa shape index (κ3) is 3.09. The van der Waals surface area contributed by atoms with Gasteiger partial charge in [-0.1, -0.05) is 25.3 Å². The second kappa shape index (κ2) is 5.67. The van der Waals surface area contributed by atoms with E-state index in [0.717, 1.165) is 21.9 Å². The van der Waals surface area contributed by atoms with E-state index >= 15 is 0 Å². The molecule has 0 aromatic heterocycles. The molecule has 1 aliphatic carbocycles. The van der Waals surface area contributed by atoms with Crippen molar-refractivity contribution in [2.24, 2.45) is 5.92 Å². The van der Waals surface area contributed by atoms with Gasteiger partial charge in [0.05, 0.1) is 10.8 Å². The molecule has 0 heterocycles. The van der Waals surface area contributed by atoms with Crippen LogP contribution in [0.4, 0.5) is 5.69 Å². The van der Waals surface area contributed by atoms with Gasteiger partial charge in [0.2, 0.25) is 0 Å². The van der Waals surface area contributed by atoms with E-state index < -0.39 is 10.8 Å². The number of benzene rings is 1. The molecular weight excluding hydrogens is 230 g/mol. The minimum Gasteiger partial charge on any atom is -0.398 e. The van der Waals surface area contributed by atoms with Gasteiger partial charge in [-0.3, -0.25) is 4.21 Å². The first-order chi connectivity index (χ1) is 8.18. The average molecular weight is 251 g/mol. The summed E-state index contributed by atoms with van der Waals surface area (Å²) in [5.41, 5.74) is 7.59. The molecule has 0 radical (unpaired) electrons. The number of hydrogen-bond acceptors (Lipinski definition) is 2. The molecule has 2 rings (SSSR count). The fraction of sp³-hybridized carbons (Fsp3) is 0.571. The molecule has 1 aromatic rings. The Balaban J connectivity index is 2.06. The van der Waals surface area contributed by atoms with E-state index in [1.807, 2.05) is 25.1 Å². The van der Waals surface area contributed by atoms with Crippen molar-refractivity contribution in [1.82, 2.24) is 0 Å². The Hall–Kier alpha value is -0.830. The predicted molar refractivity (Wildman–Crippen MR) is 73.4 cm³/mol. The van der Waals surface area contributed by atoms with Crippen LogP contribution in [0.25, 0.3) is 0 Å². The van der Waals surface area contributed by atoms with E-state index in [1.165, 1.54) is 32.1 Å². The fourth-order valence-corrected chi connectivity index (χ4v) is 4.17. The molecule has 1 saturated carbocycles. The molecule has 3 heteroatoms. The summed E-state index contributed by atoms with van der Waals surface area (Å²) in [6, 6.07) is 5.72. The number of nitrogen functional groups attached to an aromatic ring is 1. The second-order valence-corrected chi connectivity index (χ2v) is 6.45. The second-order valence-electron chi connectivity index (χ2n) is 4.99. The predicted octanol–water partition coefficient (Wildman–Crippen LogP) is 3.27. The van der Waals surface area contributed by atoms with Gasteiger partial charge in [0.15, 0.2) is 0 Å². The van der Waals surface area contributed by atoms with Crippen molar-refractivity contribution in [1.29, 1.82) is 0 Å². The monoisotopic (exact) mass is 251 g/mol. The minimum absolute atomic E-state index is 0.644. The van der Waals surface area contributed by atoms with E-state index in [1.54, 1.807) is 0 Å². The lowest BCUT2D eigenvalue weighted by atomic mass is 9.91. The maximum Gasteiger partial charge on any atom is 0.0535 e. The molecular formula is C14H21NOS. The summed E-state index contributed by atoms with van der Waals surface area (Å²) in [4.78, 5) is 0.926. The average Bonchev–Trinajstić information content (AvgIpc) is 2.34. The van der Waals surface area contributed by atoms with Gasteiger partial charge in [-0.25, -0.2) is 0 Å². The Morgan fingerprint density at radius 1 is 1.29 bits per heavy atom. The van der Waals surface area contributed by atoms with Crippen LogP contribution >= 0.6 is 0 Å². The Morgan fingerprint density at radius 3 is 2.71 bits per heavy atom. The maximum atomic E-state index is 12.3. The molecule has 0 amide bonds. The molecule has 17 heavy (non-hydrogen) atoms. The fourth-order valence-electron chi connectivity index (χ4n) is 2.54. The van der Waals surface area contributed by atoms with Crippen molar-refractivity contribution in [3.63, 3.8) is 0 Å². The van der Waals surface area contributed by atoms with Crippen LogP contribution in [0.15, 0.2) is 23.1 Å².